The fourth-order valence-electron chi connectivity index (χ4n) is 1.34. The highest BCUT2D eigenvalue weighted by molar-refractivity contribution is 4.94. The Hall–Kier alpha value is -0.260. The van der Waals surface area contributed by atoms with Crippen molar-refractivity contribution in [3.63, 3.8) is 0 Å². The predicted molar refractivity (Wildman–Crippen MR) is 50.5 cm³/mol. The van der Waals surface area contributed by atoms with Gasteiger partial charge in [-0.15, -0.1) is 0 Å². The molecule has 0 amide bonds. The molecule has 1 aliphatic rings. The summed E-state index contributed by atoms with van der Waals surface area (Å²) in [5.41, 5.74) is 0. The second-order valence-corrected chi connectivity index (χ2v) is 4.25. The maximum absolute atomic E-state index is 2.40. The largest absolute Gasteiger partial charge is 0.0880 e. The van der Waals surface area contributed by atoms with Crippen molar-refractivity contribution in [1.29, 1.82) is 0 Å². The first-order valence-electron chi connectivity index (χ1n) is 4.87. The Labute approximate surface area is 70.7 Å². The lowest BCUT2D eigenvalue weighted by molar-refractivity contribution is 0.614. The summed E-state index contributed by atoms with van der Waals surface area (Å²) in [6, 6.07) is 0. The smallest absolute Gasteiger partial charge is 0.0234 e. The van der Waals surface area contributed by atoms with Crippen molar-refractivity contribution in [3.05, 3.63) is 12.2 Å². The van der Waals surface area contributed by atoms with E-state index in [0.29, 0.717) is 0 Å². The summed E-state index contributed by atoms with van der Waals surface area (Å²) in [5.74, 6) is 2.69. The van der Waals surface area contributed by atoms with Crippen LogP contribution in [-0.2, 0) is 0 Å². The third kappa shape index (κ3) is 3.60. The molecule has 0 aromatic carbocycles. The minimum Gasteiger partial charge on any atom is -0.0880 e. The standard InChI is InChI=1S/C11H20/c1-9(2)5-4-6-10(3)11-7-8-11/h4,6,9-11H,5,7-8H2,1-3H3/b6-4+. The Balaban J connectivity index is 2.12. The topological polar surface area (TPSA) is 0 Å². The Morgan fingerprint density at radius 1 is 1.27 bits per heavy atom. The zero-order valence-corrected chi connectivity index (χ0v) is 8.01. The van der Waals surface area contributed by atoms with Gasteiger partial charge >= 0.3 is 0 Å². The Morgan fingerprint density at radius 3 is 2.36 bits per heavy atom. The molecule has 1 fully saturated rings. The average molecular weight is 152 g/mol. The molecule has 0 heterocycles. The van der Waals surface area contributed by atoms with Crippen LogP contribution in [0.2, 0.25) is 0 Å². The third-order valence-electron chi connectivity index (χ3n) is 2.41. The Morgan fingerprint density at radius 2 is 1.91 bits per heavy atom. The van der Waals surface area contributed by atoms with E-state index in [9.17, 15) is 0 Å². The molecule has 1 saturated carbocycles. The van der Waals surface area contributed by atoms with Gasteiger partial charge in [-0.1, -0.05) is 32.9 Å². The maximum Gasteiger partial charge on any atom is -0.0234 e. The van der Waals surface area contributed by atoms with E-state index in [2.05, 4.69) is 32.9 Å². The van der Waals surface area contributed by atoms with Crippen LogP contribution in [0, 0.1) is 17.8 Å². The third-order valence-corrected chi connectivity index (χ3v) is 2.41. The van der Waals surface area contributed by atoms with Crippen molar-refractivity contribution in [2.75, 3.05) is 0 Å². The molecule has 0 bridgehead atoms. The number of hydrogen-bond donors (Lipinski definition) is 0. The molecule has 0 N–H and O–H groups in total. The molecule has 0 aromatic rings. The second-order valence-electron chi connectivity index (χ2n) is 4.25. The SMILES string of the molecule is CC(C)C/C=C/C(C)C1CC1. The molecule has 1 atom stereocenters. The van der Waals surface area contributed by atoms with Gasteiger partial charge in [-0.05, 0) is 37.0 Å². The molecule has 0 nitrogen and oxygen atoms in total. The van der Waals surface area contributed by atoms with Crippen LogP contribution < -0.4 is 0 Å². The summed E-state index contributed by atoms with van der Waals surface area (Å²) < 4.78 is 0. The molecule has 1 aliphatic carbocycles. The zero-order valence-electron chi connectivity index (χ0n) is 8.01. The first-order chi connectivity index (χ1) is 5.20. The van der Waals surface area contributed by atoms with Crippen molar-refractivity contribution in [2.24, 2.45) is 17.8 Å². The van der Waals surface area contributed by atoms with Crippen LogP contribution >= 0.6 is 0 Å². The van der Waals surface area contributed by atoms with E-state index in [4.69, 9.17) is 0 Å². The highest BCUT2D eigenvalue weighted by Gasteiger charge is 2.25. The van der Waals surface area contributed by atoms with Gasteiger partial charge in [-0.25, -0.2) is 0 Å². The fraction of sp³-hybridized carbons (Fsp3) is 0.818. The lowest BCUT2D eigenvalue weighted by atomic mass is 10.0. The summed E-state index contributed by atoms with van der Waals surface area (Å²) in [6.07, 6.45) is 8.93. The first-order valence-corrected chi connectivity index (χ1v) is 4.87. The van der Waals surface area contributed by atoms with Crippen molar-refractivity contribution in [3.8, 4) is 0 Å². The van der Waals surface area contributed by atoms with Crippen LogP contribution in [0.4, 0.5) is 0 Å². The van der Waals surface area contributed by atoms with Gasteiger partial charge in [0.25, 0.3) is 0 Å². The van der Waals surface area contributed by atoms with E-state index < -0.39 is 0 Å². The quantitative estimate of drug-likeness (QED) is 0.539. The van der Waals surface area contributed by atoms with Gasteiger partial charge < -0.3 is 0 Å². The van der Waals surface area contributed by atoms with Gasteiger partial charge in [0.1, 0.15) is 0 Å². The average Bonchev–Trinajstić information content (AvgIpc) is 2.66. The monoisotopic (exact) mass is 152 g/mol. The van der Waals surface area contributed by atoms with Crippen molar-refractivity contribution < 1.29 is 0 Å². The molecule has 64 valence electrons. The van der Waals surface area contributed by atoms with Crippen LogP contribution in [0.1, 0.15) is 40.0 Å². The summed E-state index contributed by atoms with van der Waals surface area (Å²) in [6.45, 7) is 6.88. The predicted octanol–water partition coefficient (Wildman–Crippen LogP) is 3.63. The summed E-state index contributed by atoms with van der Waals surface area (Å²) in [7, 11) is 0. The lowest BCUT2D eigenvalue weighted by Gasteiger charge is -2.02. The minimum atomic E-state index is 0.817. The van der Waals surface area contributed by atoms with Crippen LogP contribution in [0.5, 0.6) is 0 Å². The molecule has 0 radical (unpaired) electrons. The van der Waals surface area contributed by atoms with Gasteiger partial charge in [0, 0.05) is 0 Å². The molecule has 0 saturated heterocycles. The van der Waals surface area contributed by atoms with E-state index in [0.717, 1.165) is 17.8 Å². The Bertz CT molecular complexity index is 129. The molecule has 0 aromatic heterocycles. The van der Waals surface area contributed by atoms with E-state index in [1.165, 1.54) is 19.3 Å². The molecular weight excluding hydrogens is 132 g/mol. The normalized spacial score (nSPS) is 21.5. The summed E-state index contributed by atoms with van der Waals surface area (Å²) in [4.78, 5) is 0. The highest BCUT2D eigenvalue weighted by atomic mass is 14.3. The maximum atomic E-state index is 2.40. The molecule has 1 rings (SSSR count). The zero-order chi connectivity index (χ0) is 8.27. The van der Waals surface area contributed by atoms with Gasteiger partial charge in [-0.3, -0.25) is 0 Å². The van der Waals surface area contributed by atoms with E-state index in [1.54, 1.807) is 0 Å². The number of allylic oxidation sites excluding steroid dienone is 2. The molecular formula is C11H20. The first kappa shape index (κ1) is 8.83. The van der Waals surface area contributed by atoms with Gasteiger partial charge in [-0.2, -0.15) is 0 Å². The fourth-order valence-corrected chi connectivity index (χ4v) is 1.34. The second kappa shape index (κ2) is 3.94. The van der Waals surface area contributed by atoms with Crippen LogP contribution in [0.25, 0.3) is 0 Å². The molecule has 11 heavy (non-hydrogen) atoms. The van der Waals surface area contributed by atoms with E-state index >= 15 is 0 Å². The molecule has 1 unspecified atom stereocenters. The van der Waals surface area contributed by atoms with Gasteiger partial charge in [0.05, 0.1) is 0 Å². The number of rotatable bonds is 4. The molecule has 0 heteroatoms. The summed E-state index contributed by atoms with van der Waals surface area (Å²) >= 11 is 0. The highest BCUT2D eigenvalue weighted by Crippen LogP contribution is 2.37. The van der Waals surface area contributed by atoms with Crippen molar-refractivity contribution in [2.45, 2.75) is 40.0 Å². The van der Waals surface area contributed by atoms with Crippen LogP contribution in [-0.4, -0.2) is 0 Å². The van der Waals surface area contributed by atoms with Crippen molar-refractivity contribution in [1.82, 2.24) is 0 Å². The van der Waals surface area contributed by atoms with Crippen molar-refractivity contribution >= 4 is 0 Å². The molecule has 0 spiro atoms. The van der Waals surface area contributed by atoms with Gasteiger partial charge in [0.15, 0.2) is 0 Å². The van der Waals surface area contributed by atoms with Crippen LogP contribution in [0.15, 0.2) is 12.2 Å². The number of hydrogen-bond acceptors (Lipinski definition) is 0. The van der Waals surface area contributed by atoms with Crippen LogP contribution in [0.3, 0.4) is 0 Å². The lowest BCUT2D eigenvalue weighted by Crippen LogP contribution is -1.91. The van der Waals surface area contributed by atoms with E-state index in [-0.39, 0.29) is 0 Å². The minimum absolute atomic E-state index is 0.817. The van der Waals surface area contributed by atoms with E-state index in [1.807, 2.05) is 0 Å². The molecule has 0 aliphatic heterocycles. The van der Waals surface area contributed by atoms with Gasteiger partial charge in [0.2, 0.25) is 0 Å². The Kier molecular flexibility index (Phi) is 3.16. The summed E-state index contributed by atoms with van der Waals surface area (Å²) in [5, 5.41) is 0.